The van der Waals surface area contributed by atoms with Gasteiger partial charge in [-0.2, -0.15) is 0 Å². The number of anilines is 1. The molecule has 3 aliphatic rings. The second-order valence-electron chi connectivity index (χ2n) is 9.74. The van der Waals surface area contributed by atoms with E-state index in [-0.39, 0.29) is 22.6 Å². The fraction of sp³-hybridized carbons (Fsp3) is 0.179. The molecule has 2 fully saturated rings. The molecule has 0 bridgehead atoms. The number of ketones is 1. The van der Waals surface area contributed by atoms with Crippen molar-refractivity contribution in [1.82, 2.24) is 4.90 Å². The molecule has 0 unspecified atom stereocenters. The average molecular weight is 524 g/mol. The number of hydrogen-bond donors (Lipinski definition) is 0. The summed E-state index contributed by atoms with van der Waals surface area (Å²) < 4.78 is 0. The molecule has 11 heteroatoms. The van der Waals surface area contributed by atoms with Crippen LogP contribution in [0.4, 0.5) is 17.1 Å². The van der Waals surface area contributed by atoms with Crippen LogP contribution in [0.2, 0.25) is 0 Å². The highest BCUT2D eigenvalue weighted by molar-refractivity contribution is 6.25. The molecule has 3 aromatic rings. The van der Waals surface area contributed by atoms with Crippen LogP contribution in [0.25, 0.3) is 6.08 Å². The molecular weight excluding hydrogens is 504 g/mol. The molecule has 3 aromatic carbocycles. The SMILES string of the molecule is Cc1ccc([N+](=O)[O-])cc1N1C(=O)[C@@H]2[C@H](C1=O)[C@@H]1c3ccccc3C=CN1[C@H]2C(=O)c1cccc([N+](=O)[O-])c1. The Hall–Kier alpha value is -5.19. The number of carbonyl (C=O) groups is 3. The smallest absolute Gasteiger partial charge is 0.271 e. The lowest BCUT2D eigenvalue weighted by Gasteiger charge is -2.35. The molecule has 3 aliphatic heterocycles. The van der Waals surface area contributed by atoms with Gasteiger partial charge in [-0.1, -0.05) is 42.5 Å². The first kappa shape index (κ1) is 24.2. The third-order valence-electron chi connectivity index (χ3n) is 7.72. The predicted molar refractivity (Wildman–Crippen MR) is 139 cm³/mol. The predicted octanol–water partition coefficient (Wildman–Crippen LogP) is 4.21. The summed E-state index contributed by atoms with van der Waals surface area (Å²) in [4.78, 5) is 66.3. The van der Waals surface area contributed by atoms with Gasteiger partial charge in [0.2, 0.25) is 11.8 Å². The van der Waals surface area contributed by atoms with E-state index in [2.05, 4.69) is 0 Å². The molecule has 0 aromatic heterocycles. The van der Waals surface area contributed by atoms with Crippen LogP contribution in [0.3, 0.4) is 0 Å². The molecule has 0 aliphatic carbocycles. The minimum atomic E-state index is -1.12. The largest absolute Gasteiger partial charge is 0.358 e. The molecule has 0 spiro atoms. The van der Waals surface area contributed by atoms with E-state index in [9.17, 15) is 34.6 Å². The van der Waals surface area contributed by atoms with Gasteiger partial charge in [-0.15, -0.1) is 0 Å². The number of aryl methyl sites for hydroxylation is 1. The number of nitrogens with zero attached hydrogens (tertiary/aromatic N) is 4. The van der Waals surface area contributed by atoms with E-state index in [1.165, 1.54) is 36.4 Å². The van der Waals surface area contributed by atoms with Crippen molar-refractivity contribution in [2.75, 3.05) is 4.90 Å². The number of amides is 2. The van der Waals surface area contributed by atoms with Gasteiger partial charge in [-0.3, -0.25) is 34.6 Å². The zero-order chi connectivity index (χ0) is 27.6. The van der Waals surface area contributed by atoms with Gasteiger partial charge in [0, 0.05) is 36.0 Å². The van der Waals surface area contributed by atoms with Crippen LogP contribution in [0.5, 0.6) is 0 Å². The maximum absolute atomic E-state index is 14.0. The van der Waals surface area contributed by atoms with E-state index in [0.717, 1.165) is 22.1 Å². The van der Waals surface area contributed by atoms with Crippen molar-refractivity contribution in [2.24, 2.45) is 11.8 Å². The third kappa shape index (κ3) is 3.54. The summed E-state index contributed by atoms with van der Waals surface area (Å²) in [5.74, 6) is -3.78. The molecule has 6 rings (SSSR count). The Labute approximate surface area is 221 Å². The number of nitro benzene ring substituents is 2. The maximum atomic E-state index is 14.0. The number of rotatable bonds is 5. The standard InChI is InChI=1S/C28H20N4O7/c1-15-9-10-19(32(38)39)14-21(15)30-27(34)22-23(28(30)35)25(26(33)17-6-4-7-18(13-17)31(36)37)29-12-11-16-5-2-3-8-20(16)24(22)29/h2-14,22-25H,1H3/t22-,23+,24-,25+/m0/s1. The van der Waals surface area contributed by atoms with Gasteiger partial charge in [-0.25, -0.2) is 4.90 Å². The van der Waals surface area contributed by atoms with Crippen molar-refractivity contribution in [2.45, 2.75) is 19.0 Å². The van der Waals surface area contributed by atoms with Crippen molar-refractivity contribution in [1.29, 1.82) is 0 Å². The van der Waals surface area contributed by atoms with Crippen molar-refractivity contribution in [3.63, 3.8) is 0 Å². The first-order valence-electron chi connectivity index (χ1n) is 12.1. The van der Waals surface area contributed by atoms with E-state index in [4.69, 9.17) is 0 Å². The molecule has 39 heavy (non-hydrogen) atoms. The number of nitro groups is 2. The van der Waals surface area contributed by atoms with Crippen molar-refractivity contribution in [3.05, 3.63) is 115 Å². The monoisotopic (exact) mass is 524 g/mol. The lowest BCUT2D eigenvalue weighted by atomic mass is 9.83. The van der Waals surface area contributed by atoms with Crippen LogP contribution in [-0.2, 0) is 9.59 Å². The van der Waals surface area contributed by atoms with Crippen LogP contribution in [0, 0.1) is 39.0 Å². The van der Waals surface area contributed by atoms with Gasteiger partial charge in [0.25, 0.3) is 11.4 Å². The molecule has 0 radical (unpaired) electrons. The van der Waals surface area contributed by atoms with E-state index in [1.54, 1.807) is 24.1 Å². The lowest BCUT2D eigenvalue weighted by Crippen LogP contribution is -2.44. The van der Waals surface area contributed by atoms with Gasteiger partial charge in [0.15, 0.2) is 5.78 Å². The minimum absolute atomic E-state index is 0.0473. The Kier molecular flexibility index (Phi) is 5.38. The average Bonchev–Trinajstić information content (AvgIpc) is 3.41. The maximum Gasteiger partial charge on any atom is 0.271 e. The van der Waals surface area contributed by atoms with Gasteiger partial charge in [0.1, 0.15) is 6.04 Å². The summed E-state index contributed by atoms with van der Waals surface area (Å²) in [6, 6.07) is 14.8. The van der Waals surface area contributed by atoms with Gasteiger partial charge in [0.05, 0.1) is 33.4 Å². The van der Waals surface area contributed by atoms with Crippen LogP contribution < -0.4 is 4.90 Å². The third-order valence-corrected chi connectivity index (χ3v) is 7.72. The summed E-state index contributed by atoms with van der Waals surface area (Å²) in [7, 11) is 0. The molecular formula is C28H20N4O7. The first-order valence-corrected chi connectivity index (χ1v) is 12.1. The zero-order valence-corrected chi connectivity index (χ0v) is 20.5. The molecule has 2 amide bonds. The highest BCUT2D eigenvalue weighted by Gasteiger charge is 2.64. The number of Topliss-reactive ketones (excluding diaryl/α,β-unsaturated/α-hetero) is 1. The molecule has 0 N–H and O–H groups in total. The summed E-state index contributed by atoms with van der Waals surface area (Å²) in [6.07, 6.45) is 3.49. The van der Waals surface area contributed by atoms with E-state index < -0.39 is 51.4 Å². The molecule has 194 valence electrons. The second kappa shape index (κ2) is 8.69. The Morgan fingerprint density at radius 1 is 0.846 bits per heavy atom. The molecule has 3 heterocycles. The number of hydrogen-bond acceptors (Lipinski definition) is 8. The Morgan fingerprint density at radius 2 is 1.54 bits per heavy atom. The molecule has 0 saturated carbocycles. The van der Waals surface area contributed by atoms with Crippen molar-refractivity contribution in [3.8, 4) is 0 Å². The fourth-order valence-electron chi connectivity index (χ4n) is 5.99. The quantitative estimate of drug-likeness (QED) is 0.209. The Balaban J connectivity index is 1.51. The first-order chi connectivity index (χ1) is 18.7. The van der Waals surface area contributed by atoms with Crippen molar-refractivity contribution < 1.29 is 24.2 Å². The van der Waals surface area contributed by atoms with E-state index >= 15 is 0 Å². The molecule has 2 saturated heterocycles. The fourth-order valence-corrected chi connectivity index (χ4v) is 5.99. The summed E-state index contributed by atoms with van der Waals surface area (Å²) in [6.45, 7) is 1.64. The summed E-state index contributed by atoms with van der Waals surface area (Å²) >= 11 is 0. The van der Waals surface area contributed by atoms with Crippen LogP contribution in [-0.4, -0.2) is 38.4 Å². The van der Waals surface area contributed by atoms with Crippen LogP contribution >= 0.6 is 0 Å². The summed E-state index contributed by atoms with van der Waals surface area (Å²) in [5, 5.41) is 22.8. The highest BCUT2D eigenvalue weighted by Crippen LogP contribution is 2.54. The zero-order valence-electron chi connectivity index (χ0n) is 20.5. The summed E-state index contributed by atoms with van der Waals surface area (Å²) in [5.41, 5.74) is 1.70. The number of carbonyl (C=O) groups excluding carboxylic acids is 3. The van der Waals surface area contributed by atoms with E-state index in [0.29, 0.717) is 5.56 Å². The minimum Gasteiger partial charge on any atom is -0.358 e. The van der Waals surface area contributed by atoms with Gasteiger partial charge in [-0.05, 0) is 29.7 Å². The molecule has 11 nitrogen and oxygen atoms in total. The molecule has 4 atom stereocenters. The van der Waals surface area contributed by atoms with Gasteiger partial charge >= 0.3 is 0 Å². The number of fused-ring (bicyclic) bond motifs is 5. The number of imide groups is 1. The number of benzene rings is 3. The van der Waals surface area contributed by atoms with Crippen LogP contribution in [0.1, 0.15) is 33.1 Å². The highest BCUT2D eigenvalue weighted by atomic mass is 16.6. The Morgan fingerprint density at radius 3 is 2.28 bits per heavy atom. The van der Waals surface area contributed by atoms with Crippen LogP contribution in [0.15, 0.2) is 72.9 Å². The van der Waals surface area contributed by atoms with E-state index in [1.807, 2.05) is 24.3 Å². The second-order valence-corrected chi connectivity index (χ2v) is 9.74. The van der Waals surface area contributed by atoms with Crippen molar-refractivity contribution >= 4 is 40.7 Å². The lowest BCUT2D eigenvalue weighted by molar-refractivity contribution is -0.385. The normalized spacial score (nSPS) is 22.9. The Bertz CT molecular complexity index is 1650. The number of non-ortho nitro benzene ring substituents is 2. The van der Waals surface area contributed by atoms with Gasteiger partial charge < -0.3 is 4.90 Å². The topological polar surface area (TPSA) is 144 Å².